The van der Waals surface area contributed by atoms with Crippen LogP contribution in [0, 0.1) is 6.92 Å². The van der Waals surface area contributed by atoms with E-state index in [1.807, 2.05) is 60.9 Å². The molecule has 1 amide bonds. The molecule has 1 aromatic carbocycles. The number of pyridine rings is 1. The highest BCUT2D eigenvalue weighted by molar-refractivity contribution is 8.00. The molecule has 0 aliphatic heterocycles. The summed E-state index contributed by atoms with van der Waals surface area (Å²) >= 11 is 2.73. The Morgan fingerprint density at radius 3 is 2.53 bits per heavy atom. The SMILES string of the molecule is CC[C@@H](Sc1nnc(-c2ccncc2)n1-c1ccccc1)C(=O)Nc1nnc(C)s1. The van der Waals surface area contributed by atoms with Crippen LogP contribution in [0.1, 0.15) is 18.4 Å². The van der Waals surface area contributed by atoms with Crippen molar-refractivity contribution >= 4 is 34.1 Å². The van der Waals surface area contributed by atoms with Gasteiger partial charge in [0.25, 0.3) is 0 Å². The zero-order valence-corrected chi connectivity index (χ0v) is 18.0. The molecule has 30 heavy (non-hydrogen) atoms. The molecule has 0 fully saturated rings. The normalized spacial score (nSPS) is 11.9. The Hall–Kier alpha value is -3.11. The zero-order valence-electron chi connectivity index (χ0n) is 16.4. The Morgan fingerprint density at radius 2 is 1.87 bits per heavy atom. The Bertz CT molecular complexity index is 1130. The maximum atomic E-state index is 12.8. The van der Waals surface area contributed by atoms with E-state index in [1.54, 1.807) is 12.4 Å². The Balaban J connectivity index is 1.66. The number of hydrogen-bond donors (Lipinski definition) is 1. The monoisotopic (exact) mass is 437 g/mol. The van der Waals surface area contributed by atoms with Crippen LogP contribution in [0.5, 0.6) is 0 Å². The second-order valence-corrected chi connectivity index (χ2v) is 8.69. The number of para-hydroxylation sites is 1. The van der Waals surface area contributed by atoms with Crippen molar-refractivity contribution in [3.8, 4) is 17.1 Å². The van der Waals surface area contributed by atoms with Crippen LogP contribution >= 0.6 is 23.1 Å². The number of aromatic nitrogens is 6. The van der Waals surface area contributed by atoms with Crippen LogP contribution < -0.4 is 5.32 Å². The number of carbonyl (C=O) groups is 1. The minimum atomic E-state index is -0.355. The van der Waals surface area contributed by atoms with E-state index in [4.69, 9.17) is 0 Å². The minimum absolute atomic E-state index is 0.133. The van der Waals surface area contributed by atoms with Gasteiger partial charge in [0.05, 0.1) is 5.25 Å². The molecule has 1 atom stereocenters. The van der Waals surface area contributed by atoms with Gasteiger partial charge in [0, 0.05) is 23.6 Å². The smallest absolute Gasteiger partial charge is 0.239 e. The summed E-state index contributed by atoms with van der Waals surface area (Å²) < 4.78 is 1.96. The van der Waals surface area contributed by atoms with Crippen LogP contribution in [0.2, 0.25) is 0 Å². The summed E-state index contributed by atoms with van der Waals surface area (Å²) in [5.74, 6) is 0.563. The number of nitrogens with zero attached hydrogens (tertiary/aromatic N) is 6. The van der Waals surface area contributed by atoms with E-state index in [2.05, 4.69) is 30.7 Å². The van der Waals surface area contributed by atoms with Crippen molar-refractivity contribution in [3.63, 3.8) is 0 Å². The highest BCUT2D eigenvalue weighted by Gasteiger charge is 2.24. The summed E-state index contributed by atoms with van der Waals surface area (Å²) in [6.07, 6.45) is 4.07. The van der Waals surface area contributed by atoms with Crippen LogP contribution in [0.25, 0.3) is 17.1 Å². The fraction of sp³-hybridized carbons (Fsp3) is 0.200. The highest BCUT2D eigenvalue weighted by atomic mass is 32.2. The molecule has 3 aromatic heterocycles. The van der Waals surface area contributed by atoms with Crippen molar-refractivity contribution in [2.45, 2.75) is 30.7 Å². The fourth-order valence-electron chi connectivity index (χ4n) is 2.83. The van der Waals surface area contributed by atoms with Gasteiger partial charge in [-0.2, -0.15) is 0 Å². The second kappa shape index (κ2) is 9.14. The molecule has 3 heterocycles. The molecule has 0 aliphatic rings. The number of amides is 1. The minimum Gasteiger partial charge on any atom is -0.300 e. The Morgan fingerprint density at radius 1 is 1.10 bits per heavy atom. The van der Waals surface area contributed by atoms with Crippen LogP contribution in [0.4, 0.5) is 5.13 Å². The molecule has 0 saturated carbocycles. The van der Waals surface area contributed by atoms with Gasteiger partial charge in [0.2, 0.25) is 11.0 Å². The second-order valence-electron chi connectivity index (χ2n) is 6.34. The van der Waals surface area contributed by atoms with E-state index in [-0.39, 0.29) is 11.2 Å². The van der Waals surface area contributed by atoms with Gasteiger partial charge >= 0.3 is 0 Å². The van der Waals surface area contributed by atoms with E-state index in [0.29, 0.717) is 22.5 Å². The summed E-state index contributed by atoms with van der Waals surface area (Å²) in [5.41, 5.74) is 1.82. The van der Waals surface area contributed by atoms with E-state index in [0.717, 1.165) is 16.3 Å². The molecule has 0 saturated heterocycles. The van der Waals surface area contributed by atoms with Gasteiger partial charge in [-0.25, -0.2) is 0 Å². The summed E-state index contributed by atoms with van der Waals surface area (Å²) in [6.45, 7) is 3.82. The number of nitrogens with one attached hydrogen (secondary N) is 1. The lowest BCUT2D eigenvalue weighted by molar-refractivity contribution is -0.115. The van der Waals surface area contributed by atoms with Crippen molar-refractivity contribution in [1.29, 1.82) is 0 Å². The topological polar surface area (TPSA) is 98.5 Å². The van der Waals surface area contributed by atoms with Crippen molar-refractivity contribution in [1.82, 2.24) is 29.9 Å². The molecule has 0 bridgehead atoms. The van der Waals surface area contributed by atoms with Crippen molar-refractivity contribution in [2.24, 2.45) is 0 Å². The van der Waals surface area contributed by atoms with E-state index in [1.165, 1.54) is 23.1 Å². The van der Waals surface area contributed by atoms with Gasteiger partial charge in [-0.3, -0.25) is 19.7 Å². The Kier molecular flexibility index (Phi) is 6.15. The van der Waals surface area contributed by atoms with Crippen molar-refractivity contribution in [2.75, 3.05) is 5.32 Å². The van der Waals surface area contributed by atoms with Gasteiger partial charge in [0.1, 0.15) is 5.01 Å². The van der Waals surface area contributed by atoms with Gasteiger partial charge in [-0.1, -0.05) is 48.2 Å². The van der Waals surface area contributed by atoms with Crippen LogP contribution in [0.3, 0.4) is 0 Å². The predicted octanol–water partition coefficient (Wildman–Crippen LogP) is 4.00. The fourth-order valence-corrected chi connectivity index (χ4v) is 4.39. The Labute approximate surface area is 181 Å². The summed E-state index contributed by atoms with van der Waals surface area (Å²) in [6, 6.07) is 13.6. The number of carbonyl (C=O) groups excluding carboxylic acids is 1. The third-order valence-corrected chi connectivity index (χ3v) is 6.31. The molecule has 4 rings (SSSR count). The maximum Gasteiger partial charge on any atom is 0.239 e. The first-order valence-corrected chi connectivity index (χ1v) is 11.0. The van der Waals surface area contributed by atoms with Gasteiger partial charge in [-0.15, -0.1) is 20.4 Å². The van der Waals surface area contributed by atoms with Gasteiger partial charge in [-0.05, 0) is 37.6 Å². The van der Waals surface area contributed by atoms with Crippen molar-refractivity contribution < 1.29 is 4.79 Å². The van der Waals surface area contributed by atoms with Gasteiger partial charge in [0.15, 0.2) is 11.0 Å². The first-order chi connectivity index (χ1) is 14.7. The standard InChI is InChI=1S/C20H19N7OS2/c1-3-16(18(28)22-19-25-23-13(2)29-19)30-20-26-24-17(14-9-11-21-12-10-14)27(20)15-7-5-4-6-8-15/h4-12,16H,3H2,1-2H3,(H,22,25,28)/t16-/m1/s1. The molecular formula is C20H19N7OS2. The first kappa shape index (κ1) is 20.2. The molecular weight excluding hydrogens is 418 g/mol. The lowest BCUT2D eigenvalue weighted by Crippen LogP contribution is -2.25. The average Bonchev–Trinajstić information content (AvgIpc) is 3.39. The van der Waals surface area contributed by atoms with E-state index >= 15 is 0 Å². The molecule has 152 valence electrons. The van der Waals surface area contributed by atoms with Crippen LogP contribution in [-0.2, 0) is 4.79 Å². The maximum absolute atomic E-state index is 12.8. The van der Waals surface area contributed by atoms with Crippen LogP contribution in [-0.4, -0.2) is 41.1 Å². The first-order valence-electron chi connectivity index (χ1n) is 9.34. The predicted molar refractivity (Wildman–Crippen MR) is 118 cm³/mol. The number of anilines is 1. The van der Waals surface area contributed by atoms with Crippen molar-refractivity contribution in [3.05, 3.63) is 59.9 Å². The highest BCUT2D eigenvalue weighted by Crippen LogP contribution is 2.31. The number of aryl methyl sites for hydroxylation is 1. The lowest BCUT2D eigenvalue weighted by atomic mass is 10.2. The molecule has 0 aliphatic carbocycles. The number of benzene rings is 1. The average molecular weight is 438 g/mol. The largest absolute Gasteiger partial charge is 0.300 e. The lowest BCUT2D eigenvalue weighted by Gasteiger charge is -2.15. The third-order valence-electron chi connectivity index (χ3n) is 4.25. The molecule has 10 heteroatoms. The summed E-state index contributed by atoms with van der Waals surface area (Å²) in [4.78, 5) is 16.9. The third kappa shape index (κ3) is 4.39. The quantitative estimate of drug-likeness (QED) is 0.436. The van der Waals surface area contributed by atoms with E-state index in [9.17, 15) is 4.79 Å². The number of rotatable bonds is 7. The molecule has 8 nitrogen and oxygen atoms in total. The molecule has 1 N–H and O–H groups in total. The number of hydrogen-bond acceptors (Lipinski definition) is 8. The number of thioether (sulfide) groups is 1. The van der Waals surface area contributed by atoms with E-state index < -0.39 is 0 Å². The molecule has 0 radical (unpaired) electrons. The summed E-state index contributed by atoms with van der Waals surface area (Å²) in [5, 5.41) is 21.2. The zero-order chi connectivity index (χ0) is 20.9. The molecule has 0 spiro atoms. The van der Waals surface area contributed by atoms with Gasteiger partial charge < -0.3 is 0 Å². The van der Waals surface area contributed by atoms with Crippen LogP contribution in [0.15, 0.2) is 60.0 Å². The molecule has 0 unspecified atom stereocenters. The molecule has 4 aromatic rings. The summed E-state index contributed by atoms with van der Waals surface area (Å²) in [7, 11) is 0.